The van der Waals surface area contributed by atoms with E-state index in [-0.39, 0.29) is 16.5 Å². The summed E-state index contributed by atoms with van der Waals surface area (Å²) in [5.74, 6) is -0.437. The van der Waals surface area contributed by atoms with Crippen LogP contribution >= 0.6 is 11.6 Å². The Kier molecular flexibility index (Phi) is 7.75. The lowest BCUT2D eigenvalue weighted by Crippen LogP contribution is -2.22. The topological polar surface area (TPSA) is 70.2 Å². The summed E-state index contributed by atoms with van der Waals surface area (Å²) in [6.07, 6.45) is 6.42. The van der Waals surface area contributed by atoms with Gasteiger partial charge < -0.3 is 15.5 Å². The van der Waals surface area contributed by atoms with Crippen LogP contribution in [-0.4, -0.2) is 47.0 Å². The first-order chi connectivity index (χ1) is 19.6. The third kappa shape index (κ3) is 5.58. The highest BCUT2D eigenvalue weighted by Crippen LogP contribution is 2.42. The van der Waals surface area contributed by atoms with Gasteiger partial charge in [0.25, 0.3) is 5.91 Å². The van der Waals surface area contributed by atoms with Gasteiger partial charge in [-0.05, 0) is 86.3 Å². The van der Waals surface area contributed by atoms with Gasteiger partial charge >= 0.3 is 0 Å². The maximum Gasteiger partial charge on any atom is 0.260 e. The molecule has 1 unspecified atom stereocenters. The van der Waals surface area contributed by atoms with E-state index in [1.165, 1.54) is 49.7 Å². The van der Waals surface area contributed by atoms with E-state index in [9.17, 15) is 9.18 Å². The fraction of sp³-hybridized carbons (Fsp3) is 0.281. The molecule has 2 N–H and O–H groups in total. The molecule has 2 aliphatic rings. The number of carbonyl (C=O) groups excluding carboxylic acids is 1. The molecule has 0 radical (unpaired) electrons. The maximum atomic E-state index is 14.2. The van der Waals surface area contributed by atoms with Crippen molar-refractivity contribution in [1.82, 2.24) is 14.9 Å². The van der Waals surface area contributed by atoms with Crippen LogP contribution in [0.3, 0.4) is 0 Å². The van der Waals surface area contributed by atoms with E-state index in [0.29, 0.717) is 11.6 Å². The molecule has 1 fully saturated rings. The lowest BCUT2D eigenvalue weighted by molar-refractivity contribution is 0.102. The van der Waals surface area contributed by atoms with Crippen molar-refractivity contribution < 1.29 is 9.18 Å². The highest BCUT2D eigenvalue weighted by molar-refractivity contribution is 6.34. The van der Waals surface area contributed by atoms with Crippen LogP contribution in [0.15, 0.2) is 72.9 Å². The molecule has 40 heavy (non-hydrogen) atoms. The van der Waals surface area contributed by atoms with Gasteiger partial charge in [-0.3, -0.25) is 4.79 Å². The van der Waals surface area contributed by atoms with Crippen LogP contribution in [0.2, 0.25) is 5.02 Å². The Morgan fingerprint density at radius 2 is 1.82 bits per heavy atom. The van der Waals surface area contributed by atoms with Gasteiger partial charge in [0.05, 0.1) is 16.3 Å². The van der Waals surface area contributed by atoms with Gasteiger partial charge in [0.1, 0.15) is 5.82 Å². The van der Waals surface area contributed by atoms with Crippen LogP contribution in [-0.2, 0) is 6.42 Å². The molecule has 2 heterocycles. The first-order valence-corrected chi connectivity index (χ1v) is 14.2. The number of fused-ring (bicyclic) bond motifs is 3. The molecule has 1 aromatic heterocycles. The summed E-state index contributed by atoms with van der Waals surface area (Å²) in [6, 6.07) is 20.3. The van der Waals surface area contributed by atoms with Crippen molar-refractivity contribution in [1.29, 1.82) is 0 Å². The molecule has 1 amide bonds. The number of benzene rings is 3. The summed E-state index contributed by atoms with van der Waals surface area (Å²) in [6.45, 7) is 4.40. The zero-order valence-electron chi connectivity index (χ0n) is 22.2. The summed E-state index contributed by atoms with van der Waals surface area (Å²) >= 11 is 6.06. The number of nitrogens with zero attached hydrogens (tertiary/aromatic N) is 3. The second-order valence-corrected chi connectivity index (χ2v) is 10.8. The number of halogens is 2. The van der Waals surface area contributed by atoms with Crippen LogP contribution < -0.4 is 10.6 Å². The summed E-state index contributed by atoms with van der Waals surface area (Å²) in [7, 11) is 0. The number of rotatable bonds is 8. The van der Waals surface area contributed by atoms with Crippen LogP contribution in [0, 0.1) is 5.82 Å². The third-order valence-corrected chi connectivity index (χ3v) is 8.09. The van der Waals surface area contributed by atoms with Gasteiger partial charge in [0, 0.05) is 29.9 Å². The Bertz CT molecular complexity index is 1500. The molecule has 6 nitrogen and oxygen atoms in total. The molecule has 3 aromatic carbocycles. The van der Waals surface area contributed by atoms with E-state index >= 15 is 0 Å². The molecule has 0 saturated carbocycles. The van der Waals surface area contributed by atoms with Crippen molar-refractivity contribution in [2.45, 2.75) is 31.6 Å². The predicted octanol–water partition coefficient (Wildman–Crippen LogP) is 6.77. The zero-order valence-corrected chi connectivity index (χ0v) is 22.9. The smallest absolute Gasteiger partial charge is 0.260 e. The van der Waals surface area contributed by atoms with Crippen LogP contribution in [0.5, 0.6) is 0 Å². The number of aromatic nitrogens is 2. The Balaban J connectivity index is 1.16. The number of hydrogen-bond acceptors (Lipinski definition) is 5. The Labute approximate surface area is 238 Å². The van der Waals surface area contributed by atoms with Crippen LogP contribution in [0.25, 0.3) is 11.3 Å². The minimum absolute atomic E-state index is 0.0780. The summed E-state index contributed by atoms with van der Waals surface area (Å²) in [5, 5.41) is 6.25. The monoisotopic (exact) mass is 555 g/mol. The summed E-state index contributed by atoms with van der Waals surface area (Å²) in [5.41, 5.74) is 5.94. The Hall–Kier alpha value is -3.81. The van der Waals surface area contributed by atoms with Crippen molar-refractivity contribution in [2.24, 2.45) is 0 Å². The predicted molar refractivity (Wildman–Crippen MR) is 158 cm³/mol. The molecule has 0 bridgehead atoms. The molecule has 1 aliphatic heterocycles. The zero-order chi connectivity index (χ0) is 27.5. The van der Waals surface area contributed by atoms with Crippen molar-refractivity contribution in [3.63, 3.8) is 0 Å². The molecule has 8 heteroatoms. The Morgan fingerprint density at radius 3 is 2.62 bits per heavy atom. The van der Waals surface area contributed by atoms with Gasteiger partial charge in [0.15, 0.2) is 0 Å². The average Bonchev–Trinajstić information content (AvgIpc) is 3.49. The minimum atomic E-state index is -0.651. The Morgan fingerprint density at radius 1 is 1.02 bits per heavy atom. The van der Waals surface area contributed by atoms with Crippen molar-refractivity contribution >= 4 is 29.1 Å². The molecule has 1 saturated heterocycles. The average molecular weight is 556 g/mol. The number of likely N-dealkylation sites (tertiary alicyclic amines) is 1. The number of hydrogen-bond donors (Lipinski definition) is 2. The molecule has 0 spiro atoms. The highest BCUT2D eigenvalue weighted by Gasteiger charge is 2.27. The first kappa shape index (κ1) is 26.4. The lowest BCUT2D eigenvalue weighted by Gasteiger charge is -2.27. The van der Waals surface area contributed by atoms with Crippen LogP contribution in [0.4, 0.5) is 16.0 Å². The van der Waals surface area contributed by atoms with Crippen molar-refractivity contribution in [3.8, 4) is 11.3 Å². The molecule has 1 aliphatic carbocycles. The second kappa shape index (κ2) is 11.7. The van der Waals surface area contributed by atoms with Gasteiger partial charge in [-0.2, -0.15) is 0 Å². The number of carbonyl (C=O) groups is 1. The standard InChI is InChI=1S/C32H31ClFN5O/c33-27-9-5-10-28(34)29(27)31(40)37-23-13-11-21(12-14-23)26-19-22-20-36-32(35-15-6-18-39-16-3-4-17-39)38-30(22)25-8-2-1-7-24(25)26/h1-2,5,7-14,20,26H,3-4,6,15-19H2,(H,37,40)(H,35,36,38). The molecule has 204 valence electrons. The molecule has 6 rings (SSSR count). The van der Waals surface area contributed by atoms with E-state index in [0.717, 1.165) is 48.3 Å². The lowest BCUT2D eigenvalue weighted by atomic mass is 9.78. The van der Waals surface area contributed by atoms with E-state index in [4.69, 9.17) is 16.6 Å². The third-order valence-electron chi connectivity index (χ3n) is 7.77. The number of anilines is 2. The number of nitrogens with one attached hydrogen (secondary N) is 2. The normalized spacial score (nSPS) is 16.3. The quantitative estimate of drug-likeness (QED) is 0.235. The molecular formula is C32H31ClFN5O. The van der Waals surface area contributed by atoms with Gasteiger partial charge in [-0.1, -0.05) is 54.1 Å². The van der Waals surface area contributed by atoms with Crippen molar-refractivity contribution in [2.75, 3.05) is 36.8 Å². The van der Waals surface area contributed by atoms with Crippen LogP contribution in [0.1, 0.15) is 52.2 Å². The summed E-state index contributed by atoms with van der Waals surface area (Å²) < 4.78 is 14.2. The maximum absolute atomic E-state index is 14.2. The van der Waals surface area contributed by atoms with Gasteiger partial charge in [-0.15, -0.1) is 0 Å². The van der Waals surface area contributed by atoms with E-state index in [2.05, 4.69) is 38.7 Å². The van der Waals surface area contributed by atoms with Gasteiger partial charge in [-0.25, -0.2) is 14.4 Å². The molecule has 1 atom stereocenters. The largest absolute Gasteiger partial charge is 0.354 e. The SMILES string of the molecule is O=C(Nc1ccc(C2Cc3cnc(NCCCN4CCCC4)nc3-c3ccccc32)cc1)c1c(F)cccc1Cl. The van der Waals surface area contributed by atoms with Crippen molar-refractivity contribution in [3.05, 3.63) is 106 Å². The highest BCUT2D eigenvalue weighted by atomic mass is 35.5. The van der Waals surface area contributed by atoms with Gasteiger partial charge in [0.2, 0.25) is 5.95 Å². The fourth-order valence-corrected chi connectivity index (χ4v) is 5.98. The van der Waals surface area contributed by atoms with E-state index in [1.54, 1.807) is 0 Å². The minimum Gasteiger partial charge on any atom is -0.354 e. The van der Waals surface area contributed by atoms with E-state index < -0.39 is 11.7 Å². The van der Waals surface area contributed by atoms with E-state index in [1.807, 2.05) is 36.5 Å². The summed E-state index contributed by atoms with van der Waals surface area (Å²) in [4.78, 5) is 24.7. The number of amides is 1. The second-order valence-electron chi connectivity index (χ2n) is 10.4. The first-order valence-electron chi connectivity index (χ1n) is 13.8. The fourth-order valence-electron chi connectivity index (χ4n) is 5.73. The molecule has 4 aromatic rings. The molecular weight excluding hydrogens is 525 g/mol.